The molecule has 3 heterocycles. The molecule has 1 unspecified atom stereocenters. The average molecular weight is 431 g/mol. The van der Waals surface area contributed by atoms with E-state index in [-0.39, 0.29) is 0 Å². The third-order valence-electron chi connectivity index (χ3n) is 6.88. The first-order valence-corrected chi connectivity index (χ1v) is 11.0. The second kappa shape index (κ2) is 7.42. The number of piperidine rings is 1. The van der Waals surface area contributed by atoms with Crippen molar-refractivity contribution in [2.75, 3.05) is 24.5 Å². The highest BCUT2D eigenvalue weighted by molar-refractivity contribution is 6.43. The highest BCUT2D eigenvalue weighted by Gasteiger charge is 2.44. The number of anilines is 1. The number of hydrogen-bond acceptors (Lipinski definition) is 5. The molecule has 3 aromatic rings. The van der Waals surface area contributed by atoms with Crippen molar-refractivity contribution in [2.45, 2.75) is 32.1 Å². The molecule has 8 heteroatoms. The van der Waals surface area contributed by atoms with Crippen molar-refractivity contribution in [3.8, 4) is 5.69 Å². The highest BCUT2D eigenvalue weighted by atomic mass is 35.5. The van der Waals surface area contributed by atoms with Crippen LogP contribution < -0.4 is 10.6 Å². The lowest BCUT2D eigenvalue weighted by Crippen LogP contribution is -2.44. The standard InChI is InChI=1S/C21H24Cl2N6/c22-15-4-1-5-17(19(15)23)29-20-16(12-26-29)27-18(13-25-20)28-9-7-21(8-10-28)6-2-3-14(21)11-24/h1,4-5,12-14H,2-3,6-11,24H2. The SMILES string of the molecule is NCC1CCCC12CCN(c1cnc3c(cnn3-c3cccc(Cl)c3Cl)n1)CC2. The van der Waals surface area contributed by atoms with E-state index in [0.717, 1.165) is 31.0 Å². The van der Waals surface area contributed by atoms with Gasteiger partial charge in [-0.2, -0.15) is 5.10 Å². The minimum Gasteiger partial charge on any atom is -0.355 e. The van der Waals surface area contributed by atoms with Crippen LogP contribution in [-0.2, 0) is 0 Å². The normalized spacial score (nSPS) is 21.3. The van der Waals surface area contributed by atoms with Crippen LogP contribution in [0.2, 0.25) is 10.0 Å². The molecule has 0 radical (unpaired) electrons. The molecular weight excluding hydrogens is 407 g/mol. The van der Waals surface area contributed by atoms with Crippen LogP contribution in [0.15, 0.2) is 30.6 Å². The second-order valence-corrected chi connectivity index (χ2v) is 9.03. The number of benzene rings is 1. The van der Waals surface area contributed by atoms with E-state index in [1.807, 2.05) is 18.3 Å². The van der Waals surface area contributed by atoms with Crippen LogP contribution in [0.3, 0.4) is 0 Å². The Morgan fingerprint density at radius 2 is 1.97 bits per heavy atom. The van der Waals surface area contributed by atoms with Gasteiger partial charge in [0.25, 0.3) is 0 Å². The number of nitrogens with two attached hydrogens (primary N) is 1. The molecule has 6 nitrogen and oxygen atoms in total. The van der Waals surface area contributed by atoms with Crippen molar-refractivity contribution in [1.29, 1.82) is 0 Å². The smallest absolute Gasteiger partial charge is 0.181 e. The van der Waals surface area contributed by atoms with E-state index < -0.39 is 0 Å². The van der Waals surface area contributed by atoms with Gasteiger partial charge in [-0.25, -0.2) is 14.6 Å². The predicted molar refractivity (Wildman–Crippen MR) is 117 cm³/mol. The number of halogens is 2. The van der Waals surface area contributed by atoms with Gasteiger partial charge in [0.15, 0.2) is 5.65 Å². The maximum Gasteiger partial charge on any atom is 0.181 e. The van der Waals surface area contributed by atoms with Crippen molar-refractivity contribution in [3.63, 3.8) is 0 Å². The monoisotopic (exact) mass is 430 g/mol. The fraction of sp³-hybridized carbons (Fsp3) is 0.476. The second-order valence-electron chi connectivity index (χ2n) is 8.24. The molecule has 0 amide bonds. The maximum absolute atomic E-state index is 6.36. The molecule has 2 aromatic heterocycles. The zero-order valence-electron chi connectivity index (χ0n) is 16.2. The number of aromatic nitrogens is 4. The lowest BCUT2D eigenvalue weighted by atomic mass is 9.70. The summed E-state index contributed by atoms with van der Waals surface area (Å²) in [5.41, 5.74) is 8.62. The summed E-state index contributed by atoms with van der Waals surface area (Å²) in [7, 11) is 0. The van der Waals surface area contributed by atoms with Crippen molar-refractivity contribution in [2.24, 2.45) is 17.1 Å². The molecule has 2 aliphatic rings. The largest absolute Gasteiger partial charge is 0.355 e. The molecule has 152 valence electrons. The first-order chi connectivity index (χ1) is 14.1. The molecule has 1 aliphatic carbocycles. The Kier molecular flexibility index (Phi) is 4.88. The van der Waals surface area contributed by atoms with Crippen molar-refractivity contribution >= 4 is 40.2 Å². The molecule has 1 aliphatic heterocycles. The fourth-order valence-corrected chi connectivity index (χ4v) is 5.58. The number of fused-ring (bicyclic) bond motifs is 1. The van der Waals surface area contributed by atoms with E-state index in [1.54, 1.807) is 16.9 Å². The highest BCUT2D eigenvalue weighted by Crippen LogP contribution is 2.50. The van der Waals surface area contributed by atoms with E-state index in [9.17, 15) is 0 Å². The first-order valence-electron chi connectivity index (χ1n) is 10.2. The Morgan fingerprint density at radius 1 is 1.14 bits per heavy atom. The molecule has 1 aromatic carbocycles. The summed E-state index contributed by atoms with van der Waals surface area (Å²) in [4.78, 5) is 11.8. The summed E-state index contributed by atoms with van der Waals surface area (Å²) in [6.07, 6.45) is 9.87. The predicted octanol–water partition coefficient (Wildman–Crippen LogP) is 4.47. The van der Waals surface area contributed by atoms with Gasteiger partial charge < -0.3 is 10.6 Å². The van der Waals surface area contributed by atoms with Gasteiger partial charge >= 0.3 is 0 Å². The van der Waals surface area contributed by atoms with Crippen LogP contribution in [0.5, 0.6) is 0 Å². The Hall–Kier alpha value is -1.89. The number of hydrogen-bond donors (Lipinski definition) is 1. The van der Waals surface area contributed by atoms with Crippen LogP contribution in [0, 0.1) is 11.3 Å². The summed E-state index contributed by atoms with van der Waals surface area (Å²) in [5.74, 6) is 1.59. The van der Waals surface area contributed by atoms with Crippen molar-refractivity contribution in [1.82, 2.24) is 19.7 Å². The Bertz CT molecular complexity index is 1040. The van der Waals surface area contributed by atoms with Crippen LogP contribution >= 0.6 is 23.2 Å². The zero-order valence-corrected chi connectivity index (χ0v) is 17.7. The molecule has 0 bridgehead atoms. The summed E-state index contributed by atoms with van der Waals surface area (Å²) >= 11 is 12.5. The summed E-state index contributed by atoms with van der Waals surface area (Å²) in [5, 5.41) is 5.39. The van der Waals surface area contributed by atoms with E-state index >= 15 is 0 Å². The minimum absolute atomic E-state index is 0.441. The first kappa shape index (κ1) is 19.1. The topological polar surface area (TPSA) is 72.9 Å². The van der Waals surface area contributed by atoms with Gasteiger partial charge in [0, 0.05) is 13.1 Å². The number of rotatable bonds is 3. The molecule has 2 N–H and O–H groups in total. The molecule has 5 rings (SSSR count). The lowest BCUT2D eigenvalue weighted by molar-refractivity contribution is 0.154. The quantitative estimate of drug-likeness (QED) is 0.663. The lowest BCUT2D eigenvalue weighted by Gasteiger charge is -2.43. The minimum atomic E-state index is 0.441. The molecule has 29 heavy (non-hydrogen) atoms. The number of nitrogens with zero attached hydrogens (tertiary/aromatic N) is 5. The third-order valence-corrected chi connectivity index (χ3v) is 7.69. The van der Waals surface area contributed by atoms with E-state index in [2.05, 4.69) is 15.0 Å². The van der Waals surface area contributed by atoms with Crippen LogP contribution in [0.1, 0.15) is 32.1 Å². The van der Waals surface area contributed by atoms with Crippen LogP contribution in [0.25, 0.3) is 16.9 Å². The fourth-order valence-electron chi connectivity index (χ4n) is 5.21. The Labute approximate surface area is 180 Å². The van der Waals surface area contributed by atoms with Crippen LogP contribution in [0.4, 0.5) is 5.82 Å². The van der Waals surface area contributed by atoms with E-state index in [4.69, 9.17) is 33.9 Å². The molecule has 1 spiro atoms. The molecule has 1 saturated heterocycles. The van der Waals surface area contributed by atoms with Crippen LogP contribution in [-0.4, -0.2) is 39.4 Å². The van der Waals surface area contributed by atoms with Gasteiger partial charge in [0.2, 0.25) is 0 Å². The summed E-state index contributed by atoms with van der Waals surface area (Å²) in [6.45, 7) is 2.83. The summed E-state index contributed by atoms with van der Waals surface area (Å²) < 4.78 is 1.69. The van der Waals surface area contributed by atoms with Crippen molar-refractivity contribution < 1.29 is 0 Å². The molecule has 2 fully saturated rings. The molecule has 1 saturated carbocycles. The maximum atomic E-state index is 6.36. The van der Waals surface area contributed by atoms with Gasteiger partial charge in [-0.05, 0) is 55.7 Å². The Balaban J connectivity index is 1.40. The summed E-state index contributed by atoms with van der Waals surface area (Å²) in [6, 6.07) is 5.47. The molecular formula is C21H24Cl2N6. The van der Waals surface area contributed by atoms with Crippen molar-refractivity contribution in [3.05, 3.63) is 40.6 Å². The van der Waals surface area contributed by atoms with Gasteiger partial charge in [-0.3, -0.25) is 0 Å². The van der Waals surface area contributed by atoms with Gasteiger partial charge in [0.05, 0.1) is 28.1 Å². The van der Waals surface area contributed by atoms with Gasteiger partial charge in [-0.15, -0.1) is 0 Å². The van der Waals surface area contributed by atoms with Gasteiger partial charge in [-0.1, -0.05) is 35.7 Å². The van der Waals surface area contributed by atoms with E-state index in [1.165, 1.54) is 32.1 Å². The third kappa shape index (κ3) is 3.18. The zero-order chi connectivity index (χ0) is 20.0. The van der Waals surface area contributed by atoms with E-state index in [0.29, 0.717) is 32.7 Å². The average Bonchev–Trinajstić information content (AvgIpc) is 3.34. The molecule has 1 atom stereocenters. The Morgan fingerprint density at radius 3 is 2.76 bits per heavy atom. The van der Waals surface area contributed by atoms with Gasteiger partial charge in [0.1, 0.15) is 11.3 Å².